The normalized spacial score (nSPS) is 10.9. The molecule has 0 spiro atoms. The average Bonchev–Trinajstić information content (AvgIpc) is 2.75. The number of nitrogens with zero attached hydrogens (tertiary/aromatic N) is 2. The molecule has 1 heterocycles. The Morgan fingerprint density at radius 3 is 2.10 bits per heavy atom. The van der Waals surface area contributed by atoms with Crippen LogP contribution < -0.4 is 0 Å². The summed E-state index contributed by atoms with van der Waals surface area (Å²) in [6, 6.07) is 1.95. The van der Waals surface area contributed by atoms with Crippen molar-refractivity contribution >= 4 is 18.5 Å². The molecule has 3 nitrogen and oxygen atoms in total. The zero-order valence-electron chi connectivity index (χ0n) is 12.9. The van der Waals surface area contributed by atoms with Crippen molar-refractivity contribution in [3.05, 3.63) is 17.5 Å². The fourth-order valence-electron chi connectivity index (χ4n) is 2.44. The van der Waals surface area contributed by atoms with Gasteiger partial charge in [0.25, 0.3) is 0 Å². The van der Waals surface area contributed by atoms with E-state index in [1.165, 1.54) is 38.5 Å². The number of hydrogen-bond acceptors (Lipinski definition) is 3. The second-order valence-corrected chi connectivity index (χ2v) is 5.98. The van der Waals surface area contributed by atoms with Gasteiger partial charge in [-0.2, -0.15) is 17.7 Å². The van der Waals surface area contributed by atoms with E-state index in [1.54, 1.807) is 4.68 Å². The first-order chi connectivity index (χ1) is 9.65. The quantitative estimate of drug-likeness (QED) is 0.506. The van der Waals surface area contributed by atoms with Crippen molar-refractivity contribution < 1.29 is 4.79 Å². The maximum Gasteiger partial charge on any atom is 0.247 e. The molecule has 20 heavy (non-hydrogen) atoms. The smallest absolute Gasteiger partial charge is 0.247 e. The molecule has 0 unspecified atom stereocenters. The lowest BCUT2D eigenvalue weighted by Crippen LogP contribution is -2.13. The van der Waals surface area contributed by atoms with Gasteiger partial charge < -0.3 is 0 Å². The fraction of sp³-hybridized carbons (Fsp3) is 0.750. The summed E-state index contributed by atoms with van der Waals surface area (Å²) in [5.41, 5.74) is 1.86. The minimum Gasteiger partial charge on any atom is -0.273 e. The molecule has 114 valence electrons. The lowest BCUT2D eigenvalue weighted by molar-refractivity contribution is 0.0880. The highest BCUT2D eigenvalue weighted by molar-refractivity contribution is 7.80. The average molecular weight is 296 g/mol. The molecular formula is C16H28N2OS. The Morgan fingerprint density at radius 1 is 1.05 bits per heavy atom. The zero-order valence-corrected chi connectivity index (χ0v) is 13.8. The van der Waals surface area contributed by atoms with Gasteiger partial charge in [-0.1, -0.05) is 38.5 Å². The van der Waals surface area contributed by atoms with Gasteiger partial charge in [0, 0.05) is 12.1 Å². The number of unbranched alkanes of at least 4 members (excludes halogenated alkanes) is 7. The predicted molar refractivity (Wildman–Crippen MR) is 87.7 cm³/mol. The van der Waals surface area contributed by atoms with Crippen LogP contribution in [0, 0.1) is 13.8 Å². The summed E-state index contributed by atoms with van der Waals surface area (Å²) in [4.78, 5) is 12.0. The van der Waals surface area contributed by atoms with E-state index in [0.29, 0.717) is 6.42 Å². The van der Waals surface area contributed by atoms with Crippen LogP contribution in [0.2, 0.25) is 0 Å². The molecule has 0 fully saturated rings. The summed E-state index contributed by atoms with van der Waals surface area (Å²) in [6.45, 7) is 3.85. The maximum absolute atomic E-state index is 12.0. The van der Waals surface area contributed by atoms with Crippen molar-refractivity contribution in [1.29, 1.82) is 0 Å². The van der Waals surface area contributed by atoms with Crippen LogP contribution >= 0.6 is 12.6 Å². The van der Waals surface area contributed by atoms with Crippen LogP contribution in [-0.4, -0.2) is 21.4 Å². The topological polar surface area (TPSA) is 34.9 Å². The molecule has 0 amide bonds. The highest BCUT2D eigenvalue weighted by Crippen LogP contribution is 2.11. The summed E-state index contributed by atoms with van der Waals surface area (Å²) >= 11 is 4.21. The van der Waals surface area contributed by atoms with Crippen molar-refractivity contribution in [3.63, 3.8) is 0 Å². The molecule has 0 aliphatic carbocycles. The van der Waals surface area contributed by atoms with Crippen LogP contribution in [0.3, 0.4) is 0 Å². The van der Waals surface area contributed by atoms with Gasteiger partial charge in [0.05, 0.1) is 5.69 Å². The largest absolute Gasteiger partial charge is 0.273 e. The van der Waals surface area contributed by atoms with Gasteiger partial charge in [-0.05, 0) is 38.5 Å². The van der Waals surface area contributed by atoms with Gasteiger partial charge in [0.1, 0.15) is 0 Å². The SMILES string of the molecule is Cc1cc(C)n(C(=O)CCCCCCCCCCS)n1. The Bertz CT molecular complexity index is 401. The van der Waals surface area contributed by atoms with E-state index >= 15 is 0 Å². The Morgan fingerprint density at radius 2 is 1.60 bits per heavy atom. The van der Waals surface area contributed by atoms with Crippen LogP contribution in [-0.2, 0) is 0 Å². The molecule has 0 aliphatic heterocycles. The van der Waals surface area contributed by atoms with E-state index in [1.807, 2.05) is 19.9 Å². The lowest BCUT2D eigenvalue weighted by Gasteiger charge is -2.03. The zero-order chi connectivity index (χ0) is 14.8. The van der Waals surface area contributed by atoms with E-state index in [0.717, 1.165) is 30.0 Å². The van der Waals surface area contributed by atoms with E-state index in [9.17, 15) is 4.79 Å². The molecule has 1 aromatic rings. The Kier molecular flexibility index (Phi) is 8.67. The summed E-state index contributed by atoms with van der Waals surface area (Å²) in [6.07, 6.45) is 10.5. The van der Waals surface area contributed by atoms with Gasteiger partial charge in [0.2, 0.25) is 5.91 Å². The molecule has 0 aliphatic rings. The summed E-state index contributed by atoms with van der Waals surface area (Å²) in [7, 11) is 0. The molecule has 0 bridgehead atoms. The van der Waals surface area contributed by atoms with Crippen LogP contribution in [0.5, 0.6) is 0 Å². The molecule has 1 rings (SSSR count). The van der Waals surface area contributed by atoms with Crippen LogP contribution in [0.1, 0.15) is 74.0 Å². The number of carbonyl (C=O) groups is 1. The van der Waals surface area contributed by atoms with Crippen LogP contribution in [0.15, 0.2) is 6.07 Å². The van der Waals surface area contributed by atoms with E-state index in [4.69, 9.17) is 0 Å². The monoisotopic (exact) mass is 296 g/mol. The number of rotatable bonds is 10. The van der Waals surface area contributed by atoms with Gasteiger partial charge in [0.15, 0.2) is 0 Å². The molecule has 0 saturated heterocycles. The maximum atomic E-state index is 12.0. The summed E-state index contributed by atoms with van der Waals surface area (Å²) in [5, 5.41) is 4.23. The molecule has 0 N–H and O–H groups in total. The lowest BCUT2D eigenvalue weighted by atomic mass is 10.1. The second-order valence-electron chi connectivity index (χ2n) is 5.53. The first-order valence-corrected chi connectivity index (χ1v) is 8.45. The number of carbonyl (C=O) groups excluding carboxylic acids is 1. The Balaban J connectivity index is 2.04. The Labute approximate surface area is 128 Å². The number of hydrogen-bond donors (Lipinski definition) is 1. The van der Waals surface area contributed by atoms with Crippen LogP contribution in [0.4, 0.5) is 0 Å². The van der Waals surface area contributed by atoms with Crippen molar-refractivity contribution in [2.75, 3.05) is 5.75 Å². The Hall–Kier alpha value is -0.770. The van der Waals surface area contributed by atoms with Crippen molar-refractivity contribution in [1.82, 2.24) is 9.78 Å². The minimum atomic E-state index is 0.129. The third-order valence-electron chi connectivity index (χ3n) is 3.54. The number of thiol groups is 1. The summed E-state index contributed by atoms with van der Waals surface area (Å²) < 4.78 is 1.55. The van der Waals surface area contributed by atoms with Crippen molar-refractivity contribution in [2.24, 2.45) is 0 Å². The second kappa shape index (κ2) is 10.0. The predicted octanol–water partition coefficient (Wildman–Crippen LogP) is 4.58. The highest BCUT2D eigenvalue weighted by Gasteiger charge is 2.09. The van der Waals surface area contributed by atoms with E-state index in [-0.39, 0.29) is 5.91 Å². The van der Waals surface area contributed by atoms with Crippen LogP contribution in [0.25, 0.3) is 0 Å². The molecule has 0 aromatic carbocycles. The molecule has 4 heteroatoms. The third-order valence-corrected chi connectivity index (χ3v) is 3.86. The van der Waals surface area contributed by atoms with Crippen molar-refractivity contribution in [3.8, 4) is 0 Å². The van der Waals surface area contributed by atoms with Gasteiger partial charge in [-0.25, -0.2) is 4.68 Å². The number of aryl methyl sites for hydroxylation is 2. The first-order valence-electron chi connectivity index (χ1n) is 7.82. The van der Waals surface area contributed by atoms with E-state index < -0.39 is 0 Å². The molecule has 0 radical (unpaired) electrons. The molecule has 0 saturated carbocycles. The van der Waals surface area contributed by atoms with E-state index in [2.05, 4.69) is 17.7 Å². The van der Waals surface area contributed by atoms with Crippen molar-refractivity contribution in [2.45, 2.75) is 71.6 Å². The fourth-order valence-corrected chi connectivity index (χ4v) is 2.66. The van der Waals surface area contributed by atoms with Gasteiger partial charge in [-0.15, -0.1) is 0 Å². The third kappa shape index (κ3) is 6.60. The highest BCUT2D eigenvalue weighted by atomic mass is 32.1. The minimum absolute atomic E-state index is 0.129. The molecular weight excluding hydrogens is 268 g/mol. The summed E-state index contributed by atoms with van der Waals surface area (Å²) in [5.74, 6) is 1.14. The molecule has 0 atom stereocenters. The first kappa shape index (κ1) is 17.3. The standard InChI is InChI=1S/C16H28N2OS/c1-14-13-15(2)18(17-14)16(19)11-9-7-5-3-4-6-8-10-12-20/h13,20H,3-12H2,1-2H3. The molecule has 1 aromatic heterocycles. The number of aromatic nitrogens is 2. The van der Waals surface area contributed by atoms with Gasteiger partial charge >= 0.3 is 0 Å². The van der Waals surface area contributed by atoms with Gasteiger partial charge in [-0.3, -0.25) is 4.79 Å².